The van der Waals surface area contributed by atoms with Gasteiger partial charge in [0.05, 0.1) is 0 Å². The van der Waals surface area contributed by atoms with Gasteiger partial charge < -0.3 is 4.74 Å². The highest BCUT2D eigenvalue weighted by Crippen LogP contribution is 2.20. The van der Waals surface area contributed by atoms with Crippen molar-refractivity contribution < 1.29 is 14.3 Å². The van der Waals surface area contributed by atoms with Crippen molar-refractivity contribution in [1.29, 1.82) is 0 Å². The van der Waals surface area contributed by atoms with Crippen LogP contribution in [0.5, 0.6) is 5.75 Å². The standard InChI is InChI=1S/C18H17ClN2O3/c1-13-11-15(8-9-16(13)19)24-12-18(23)21-20-17(22)10-7-14-5-3-2-4-6-14/h2-11H,12H2,1H3,(H,20,22)(H,21,23). The highest BCUT2D eigenvalue weighted by molar-refractivity contribution is 6.31. The Morgan fingerprint density at radius 2 is 1.88 bits per heavy atom. The van der Waals surface area contributed by atoms with Crippen molar-refractivity contribution in [3.05, 3.63) is 70.8 Å². The summed E-state index contributed by atoms with van der Waals surface area (Å²) in [6, 6.07) is 14.5. The number of hydrogen-bond acceptors (Lipinski definition) is 3. The van der Waals surface area contributed by atoms with E-state index in [2.05, 4.69) is 10.9 Å². The molecule has 24 heavy (non-hydrogen) atoms. The maximum absolute atomic E-state index is 11.6. The second-order valence-corrected chi connectivity index (χ2v) is 5.39. The van der Waals surface area contributed by atoms with Gasteiger partial charge in [0.2, 0.25) is 0 Å². The maximum atomic E-state index is 11.6. The quantitative estimate of drug-likeness (QED) is 0.647. The molecule has 0 aromatic heterocycles. The molecule has 0 aliphatic carbocycles. The predicted octanol–water partition coefficient (Wildman–Crippen LogP) is 2.89. The van der Waals surface area contributed by atoms with E-state index in [1.807, 2.05) is 37.3 Å². The number of halogens is 1. The van der Waals surface area contributed by atoms with Crippen LogP contribution in [0, 0.1) is 6.92 Å². The fraction of sp³-hybridized carbons (Fsp3) is 0.111. The van der Waals surface area contributed by atoms with Crippen LogP contribution in [0.4, 0.5) is 0 Å². The second kappa shape index (κ2) is 8.74. The Morgan fingerprint density at radius 1 is 1.12 bits per heavy atom. The molecule has 0 radical (unpaired) electrons. The third-order valence-corrected chi connectivity index (χ3v) is 3.48. The van der Waals surface area contributed by atoms with Gasteiger partial charge in [0.1, 0.15) is 5.75 Å². The molecule has 0 aliphatic rings. The predicted molar refractivity (Wildman–Crippen MR) is 93.4 cm³/mol. The van der Waals surface area contributed by atoms with Gasteiger partial charge in [-0.05, 0) is 42.3 Å². The van der Waals surface area contributed by atoms with Crippen molar-refractivity contribution in [1.82, 2.24) is 10.9 Å². The number of ether oxygens (including phenoxy) is 1. The lowest BCUT2D eigenvalue weighted by Crippen LogP contribution is -2.43. The number of hydrazine groups is 1. The summed E-state index contributed by atoms with van der Waals surface area (Å²) < 4.78 is 5.33. The summed E-state index contributed by atoms with van der Waals surface area (Å²) >= 11 is 5.91. The zero-order chi connectivity index (χ0) is 17.4. The molecule has 124 valence electrons. The zero-order valence-electron chi connectivity index (χ0n) is 13.1. The Hall–Kier alpha value is -2.79. The molecule has 0 bridgehead atoms. The number of carbonyl (C=O) groups is 2. The van der Waals surface area contributed by atoms with Gasteiger partial charge >= 0.3 is 0 Å². The molecule has 2 aromatic rings. The Labute approximate surface area is 145 Å². The largest absolute Gasteiger partial charge is 0.484 e. The summed E-state index contributed by atoms with van der Waals surface area (Å²) in [6.07, 6.45) is 2.98. The molecule has 5 nitrogen and oxygen atoms in total. The van der Waals surface area contributed by atoms with E-state index in [1.165, 1.54) is 6.08 Å². The number of hydrogen-bond donors (Lipinski definition) is 2. The summed E-state index contributed by atoms with van der Waals surface area (Å²) in [4.78, 5) is 23.3. The molecule has 6 heteroatoms. The van der Waals surface area contributed by atoms with Crippen LogP contribution < -0.4 is 15.6 Å². The van der Waals surface area contributed by atoms with E-state index in [0.29, 0.717) is 10.8 Å². The minimum Gasteiger partial charge on any atom is -0.484 e. The van der Waals surface area contributed by atoms with Crippen LogP contribution in [-0.4, -0.2) is 18.4 Å². The van der Waals surface area contributed by atoms with Crippen molar-refractivity contribution in [3.8, 4) is 5.75 Å². The monoisotopic (exact) mass is 344 g/mol. The van der Waals surface area contributed by atoms with E-state index < -0.39 is 11.8 Å². The third-order valence-electron chi connectivity index (χ3n) is 3.05. The summed E-state index contributed by atoms with van der Waals surface area (Å²) in [7, 11) is 0. The van der Waals surface area contributed by atoms with Gasteiger partial charge in [-0.25, -0.2) is 0 Å². The van der Waals surface area contributed by atoms with Gasteiger partial charge in [0.25, 0.3) is 11.8 Å². The zero-order valence-corrected chi connectivity index (χ0v) is 13.8. The molecule has 2 rings (SSSR count). The average molecular weight is 345 g/mol. The molecule has 2 aromatic carbocycles. The molecule has 0 spiro atoms. The Morgan fingerprint density at radius 3 is 2.58 bits per heavy atom. The molecule has 2 N–H and O–H groups in total. The molecule has 0 saturated heterocycles. The lowest BCUT2D eigenvalue weighted by Gasteiger charge is -2.08. The van der Waals surface area contributed by atoms with E-state index >= 15 is 0 Å². The summed E-state index contributed by atoms with van der Waals surface area (Å²) in [5, 5.41) is 0.629. The van der Waals surface area contributed by atoms with E-state index in [9.17, 15) is 9.59 Å². The van der Waals surface area contributed by atoms with Gasteiger partial charge in [-0.15, -0.1) is 0 Å². The van der Waals surface area contributed by atoms with Crippen LogP contribution >= 0.6 is 11.6 Å². The van der Waals surface area contributed by atoms with Crippen LogP contribution in [0.25, 0.3) is 6.08 Å². The van der Waals surface area contributed by atoms with Crippen LogP contribution in [0.3, 0.4) is 0 Å². The van der Waals surface area contributed by atoms with Crippen molar-refractivity contribution >= 4 is 29.5 Å². The van der Waals surface area contributed by atoms with Crippen LogP contribution in [0.2, 0.25) is 5.02 Å². The van der Waals surface area contributed by atoms with E-state index in [0.717, 1.165) is 11.1 Å². The molecule has 0 aliphatic heterocycles. The first-order valence-corrected chi connectivity index (χ1v) is 7.63. The number of benzene rings is 2. The van der Waals surface area contributed by atoms with Crippen molar-refractivity contribution in [2.24, 2.45) is 0 Å². The van der Waals surface area contributed by atoms with Gasteiger partial charge in [0.15, 0.2) is 6.61 Å². The maximum Gasteiger partial charge on any atom is 0.276 e. The van der Waals surface area contributed by atoms with Crippen molar-refractivity contribution in [2.75, 3.05) is 6.61 Å². The van der Waals surface area contributed by atoms with E-state index in [-0.39, 0.29) is 6.61 Å². The molecule has 0 atom stereocenters. The first kappa shape index (κ1) is 17.6. The van der Waals surface area contributed by atoms with E-state index in [4.69, 9.17) is 16.3 Å². The fourth-order valence-corrected chi connectivity index (χ4v) is 1.92. The molecule has 0 unspecified atom stereocenters. The molecule has 0 heterocycles. The fourth-order valence-electron chi connectivity index (χ4n) is 1.80. The van der Waals surface area contributed by atoms with Gasteiger partial charge in [0, 0.05) is 11.1 Å². The molecular weight excluding hydrogens is 328 g/mol. The smallest absolute Gasteiger partial charge is 0.276 e. The number of amides is 2. The number of carbonyl (C=O) groups excluding carboxylic acids is 2. The first-order chi connectivity index (χ1) is 11.5. The minimum absolute atomic E-state index is 0.219. The van der Waals surface area contributed by atoms with E-state index in [1.54, 1.807) is 24.3 Å². The Kier molecular flexibility index (Phi) is 6.40. The third kappa shape index (κ3) is 5.78. The summed E-state index contributed by atoms with van der Waals surface area (Å²) in [5.41, 5.74) is 6.30. The highest BCUT2D eigenvalue weighted by atomic mass is 35.5. The Bertz CT molecular complexity index is 745. The number of aryl methyl sites for hydroxylation is 1. The lowest BCUT2D eigenvalue weighted by molar-refractivity contribution is -0.128. The topological polar surface area (TPSA) is 67.4 Å². The van der Waals surface area contributed by atoms with Crippen molar-refractivity contribution in [2.45, 2.75) is 6.92 Å². The first-order valence-electron chi connectivity index (χ1n) is 7.25. The van der Waals surface area contributed by atoms with Gasteiger partial charge in [-0.3, -0.25) is 20.4 Å². The summed E-state index contributed by atoms with van der Waals surface area (Å²) in [6.45, 7) is 1.62. The van der Waals surface area contributed by atoms with Crippen molar-refractivity contribution in [3.63, 3.8) is 0 Å². The molecule has 0 fully saturated rings. The highest BCUT2D eigenvalue weighted by Gasteiger charge is 2.05. The van der Waals surface area contributed by atoms with Gasteiger partial charge in [-0.1, -0.05) is 41.9 Å². The lowest BCUT2D eigenvalue weighted by atomic mass is 10.2. The Balaban J connectivity index is 1.73. The molecule has 2 amide bonds. The van der Waals surface area contributed by atoms with Crippen LogP contribution in [0.1, 0.15) is 11.1 Å². The molecular formula is C18H17ClN2O3. The minimum atomic E-state index is -0.468. The SMILES string of the molecule is Cc1cc(OCC(=O)NNC(=O)C=Cc2ccccc2)ccc1Cl. The molecule has 0 saturated carbocycles. The van der Waals surface area contributed by atoms with Crippen LogP contribution in [0.15, 0.2) is 54.6 Å². The normalized spacial score (nSPS) is 10.4. The number of nitrogens with one attached hydrogen (secondary N) is 2. The average Bonchev–Trinajstić information content (AvgIpc) is 2.60. The van der Waals surface area contributed by atoms with Crippen LogP contribution in [-0.2, 0) is 9.59 Å². The summed E-state index contributed by atoms with van der Waals surface area (Å²) in [5.74, 6) is -0.374. The van der Waals surface area contributed by atoms with Gasteiger partial charge in [-0.2, -0.15) is 0 Å². The number of rotatable bonds is 5. The second-order valence-electron chi connectivity index (χ2n) is 4.98.